The van der Waals surface area contributed by atoms with Crippen LogP contribution in [-0.4, -0.2) is 5.11 Å². The highest BCUT2D eigenvalue weighted by Crippen LogP contribution is 2.48. The van der Waals surface area contributed by atoms with Crippen LogP contribution < -0.4 is 5.43 Å². The van der Waals surface area contributed by atoms with Crippen molar-refractivity contribution in [1.29, 1.82) is 0 Å². The zero-order valence-electron chi connectivity index (χ0n) is 7.53. The minimum Gasteiger partial charge on any atom is -0.504 e. The smallest absolute Gasteiger partial charge is 0.220 e. The molecule has 1 aromatic carbocycles. The molecule has 1 fully saturated rings. The Kier molecular flexibility index (Phi) is 1.83. The van der Waals surface area contributed by atoms with Crippen molar-refractivity contribution >= 4 is 0 Å². The first-order chi connectivity index (χ1) is 6.20. The van der Waals surface area contributed by atoms with Gasteiger partial charge in [0.15, 0.2) is 5.75 Å². The van der Waals surface area contributed by atoms with Gasteiger partial charge < -0.3 is 5.11 Å². The van der Waals surface area contributed by atoms with Crippen LogP contribution in [0.1, 0.15) is 24.8 Å². The second-order valence-corrected chi connectivity index (χ2v) is 3.71. The molecule has 13 heavy (non-hydrogen) atoms. The van der Waals surface area contributed by atoms with E-state index in [9.17, 15) is 9.90 Å². The quantitative estimate of drug-likeness (QED) is 0.709. The highest BCUT2D eigenvalue weighted by Gasteiger charge is 2.35. The summed E-state index contributed by atoms with van der Waals surface area (Å²) < 4.78 is 0. The van der Waals surface area contributed by atoms with E-state index in [0.717, 1.165) is 12.0 Å². The van der Waals surface area contributed by atoms with Crippen molar-refractivity contribution in [2.24, 2.45) is 5.92 Å². The largest absolute Gasteiger partial charge is 0.504 e. The van der Waals surface area contributed by atoms with Crippen LogP contribution in [0.25, 0.3) is 0 Å². The Labute approximate surface area is 76.9 Å². The van der Waals surface area contributed by atoms with Gasteiger partial charge in [0.2, 0.25) is 5.43 Å². The molecule has 2 atom stereocenters. The number of rotatable bonds is 1. The molecule has 0 spiro atoms. The first-order valence-electron chi connectivity index (χ1n) is 4.52. The molecule has 0 aliphatic heterocycles. The third-order valence-corrected chi connectivity index (χ3v) is 2.65. The van der Waals surface area contributed by atoms with Gasteiger partial charge in [0, 0.05) is 5.56 Å². The molecule has 1 aromatic rings. The van der Waals surface area contributed by atoms with Crippen molar-refractivity contribution in [3.8, 4) is 5.75 Å². The molecule has 2 rings (SSSR count). The van der Waals surface area contributed by atoms with E-state index in [2.05, 4.69) is 6.92 Å². The third-order valence-electron chi connectivity index (χ3n) is 2.65. The lowest BCUT2D eigenvalue weighted by atomic mass is 10.1. The number of aromatic hydroxyl groups is 1. The summed E-state index contributed by atoms with van der Waals surface area (Å²) in [6.45, 7) is 2.13. The molecule has 0 bridgehead atoms. The molecule has 1 unspecified atom stereocenters. The van der Waals surface area contributed by atoms with Gasteiger partial charge in [0.25, 0.3) is 0 Å². The van der Waals surface area contributed by atoms with Gasteiger partial charge >= 0.3 is 0 Å². The van der Waals surface area contributed by atoms with E-state index in [0.29, 0.717) is 11.8 Å². The zero-order valence-corrected chi connectivity index (χ0v) is 7.53. The van der Waals surface area contributed by atoms with E-state index >= 15 is 0 Å². The Morgan fingerprint density at radius 1 is 1.38 bits per heavy atom. The molecule has 0 radical (unpaired) electrons. The lowest BCUT2D eigenvalue weighted by Gasteiger charge is -1.96. The highest BCUT2D eigenvalue weighted by atomic mass is 16.3. The van der Waals surface area contributed by atoms with E-state index in [1.54, 1.807) is 6.07 Å². The molecule has 68 valence electrons. The van der Waals surface area contributed by atoms with Crippen molar-refractivity contribution < 1.29 is 5.11 Å². The molecule has 1 N–H and O–H groups in total. The van der Waals surface area contributed by atoms with E-state index < -0.39 is 0 Å². The minimum atomic E-state index is -0.279. The Morgan fingerprint density at radius 3 is 2.62 bits per heavy atom. The first-order valence-corrected chi connectivity index (χ1v) is 4.52. The van der Waals surface area contributed by atoms with Gasteiger partial charge in [0.1, 0.15) is 0 Å². The van der Waals surface area contributed by atoms with Gasteiger partial charge in [-0.1, -0.05) is 25.1 Å². The number of hydrogen-bond acceptors (Lipinski definition) is 2. The SMILES string of the molecule is C[C@H]1CC1c1ccccc(=O)c1O. The van der Waals surface area contributed by atoms with Crippen LogP contribution in [0.15, 0.2) is 29.1 Å². The molecular formula is C11H12O2. The third kappa shape index (κ3) is 1.44. The predicted molar refractivity (Wildman–Crippen MR) is 50.9 cm³/mol. The van der Waals surface area contributed by atoms with E-state index in [-0.39, 0.29) is 11.2 Å². The fraction of sp³-hybridized carbons (Fsp3) is 0.364. The average molecular weight is 176 g/mol. The molecule has 2 nitrogen and oxygen atoms in total. The molecule has 0 amide bonds. The Bertz CT molecular complexity index is 384. The monoisotopic (exact) mass is 176 g/mol. The summed E-state index contributed by atoms with van der Waals surface area (Å²) in [5, 5.41) is 9.57. The Hall–Kier alpha value is -1.31. The van der Waals surface area contributed by atoms with Gasteiger partial charge in [0.05, 0.1) is 0 Å². The van der Waals surface area contributed by atoms with Gasteiger partial charge in [-0.3, -0.25) is 4.79 Å². The van der Waals surface area contributed by atoms with Crippen molar-refractivity contribution in [2.45, 2.75) is 19.3 Å². The topological polar surface area (TPSA) is 37.3 Å². The average Bonchev–Trinajstić information content (AvgIpc) is 2.82. The lowest BCUT2D eigenvalue weighted by Crippen LogP contribution is -1.96. The molecule has 0 heterocycles. The summed E-state index contributed by atoms with van der Waals surface area (Å²) in [5.74, 6) is 0.923. The fourth-order valence-electron chi connectivity index (χ4n) is 1.66. The van der Waals surface area contributed by atoms with Gasteiger partial charge in [-0.25, -0.2) is 0 Å². The maximum atomic E-state index is 11.2. The van der Waals surface area contributed by atoms with Gasteiger partial charge in [-0.05, 0) is 24.3 Å². The maximum absolute atomic E-state index is 11.2. The normalized spacial score (nSPS) is 25.6. The van der Waals surface area contributed by atoms with Crippen LogP contribution >= 0.6 is 0 Å². The lowest BCUT2D eigenvalue weighted by molar-refractivity contribution is 0.463. The predicted octanol–water partition coefficient (Wildman–Crippen LogP) is 1.88. The second-order valence-electron chi connectivity index (χ2n) is 3.71. The van der Waals surface area contributed by atoms with Crippen LogP contribution in [-0.2, 0) is 0 Å². The van der Waals surface area contributed by atoms with Crippen molar-refractivity contribution in [3.05, 3.63) is 40.1 Å². The second kappa shape index (κ2) is 2.87. The maximum Gasteiger partial charge on any atom is 0.220 e. The molecular weight excluding hydrogens is 164 g/mol. The molecule has 0 aromatic heterocycles. The van der Waals surface area contributed by atoms with Crippen LogP contribution in [0.3, 0.4) is 0 Å². The fourth-order valence-corrected chi connectivity index (χ4v) is 1.66. The van der Waals surface area contributed by atoms with Crippen LogP contribution in [0.4, 0.5) is 0 Å². The van der Waals surface area contributed by atoms with E-state index in [1.807, 2.05) is 12.1 Å². The van der Waals surface area contributed by atoms with Gasteiger partial charge in [-0.15, -0.1) is 0 Å². The minimum absolute atomic E-state index is 0.0700. The van der Waals surface area contributed by atoms with Crippen LogP contribution in [0.2, 0.25) is 0 Å². The molecule has 0 saturated heterocycles. The summed E-state index contributed by atoms with van der Waals surface area (Å²) >= 11 is 0. The molecule has 1 saturated carbocycles. The molecule has 1 aliphatic rings. The standard InChI is InChI=1S/C11H12O2/c1-7-6-9(7)8-4-2-3-5-10(12)11(8)13/h2-5,7,9H,6H2,1H3,(H,12,13)/t7-,9?/m0/s1. The summed E-state index contributed by atoms with van der Waals surface area (Å²) in [5.41, 5.74) is 0.529. The molecule has 1 aliphatic carbocycles. The highest BCUT2D eigenvalue weighted by molar-refractivity contribution is 5.37. The number of hydrogen-bond donors (Lipinski definition) is 1. The van der Waals surface area contributed by atoms with Crippen LogP contribution in [0.5, 0.6) is 5.75 Å². The zero-order chi connectivity index (χ0) is 9.42. The summed E-state index contributed by atoms with van der Waals surface area (Å²) in [4.78, 5) is 11.2. The van der Waals surface area contributed by atoms with Crippen molar-refractivity contribution in [2.75, 3.05) is 0 Å². The molecule has 2 heteroatoms. The van der Waals surface area contributed by atoms with Crippen molar-refractivity contribution in [3.63, 3.8) is 0 Å². The summed E-state index contributed by atoms with van der Waals surface area (Å²) in [6.07, 6.45) is 1.08. The van der Waals surface area contributed by atoms with E-state index in [1.165, 1.54) is 6.07 Å². The Balaban J connectivity index is 2.53. The summed E-state index contributed by atoms with van der Waals surface area (Å²) in [7, 11) is 0. The summed E-state index contributed by atoms with van der Waals surface area (Å²) in [6, 6.07) is 6.71. The first kappa shape index (κ1) is 8.30. The van der Waals surface area contributed by atoms with E-state index in [4.69, 9.17) is 0 Å². The van der Waals surface area contributed by atoms with Crippen molar-refractivity contribution in [1.82, 2.24) is 0 Å². The van der Waals surface area contributed by atoms with Crippen LogP contribution in [0, 0.1) is 5.92 Å². The Morgan fingerprint density at radius 2 is 2.00 bits per heavy atom. The van der Waals surface area contributed by atoms with Gasteiger partial charge in [-0.2, -0.15) is 0 Å².